The van der Waals surface area contributed by atoms with Crippen molar-refractivity contribution >= 4 is 39.3 Å². The predicted octanol–water partition coefficient (Wildman–Crippen LogP) is -0.446. The van der Waals surface area contributed by atoms with Crippen LogP contribution in [0.5, 0.6) is 6.01 Å². The highest BCUT2D eigenvalue weighted by Gasteiger charge is 2.24. The fourth-order valence-corrected chi connectivity index (χ4v) is 3.79. The van der Waals surface area contributed by atoms with Crippen LogP contribution in [0.15, 0.2) is 20.7 Å². The third kappa shape index (κ3) is 4.39. The van der Waals surface area contributed by atoms with E-state index >= 15 is 0 Å². The summed E-state index contributed by atoms with van der Waals surface area (Å²) in [5, 5.41) is 15.3. The molecule has 0 radical (unpaired) electrons. The molecule has 2 rings (SSSR count). The van der Waals surface area contributed by atoms with Crippen molar-refractivity contribution in [1.82, 2.24) is 15.0 Å². The summed E-state index contributed by atoms with van der Waals surface area (Å²) in [5.41, 5.74) is 0. The molecule has 0 saturated carbocycles. The fourth-order valence-electron chi connectivity index (χ4n) is 1.62. The fraction of sp³-hybridized carbons (Fsp3) is 0.250. The number of anilines is 1. The molecule has 0 aliphatic carbocycles. The van der Waals surface area contributed by atoms with Crippen LogP contribution >= 0.6 is 11.3 Å². The number of aryl methyl sites for hydroxylation is 1. The topological polar surface area (TPSA) is 156 Å². The quantitative estimate of drug-likeness (QED) is 0.406. The van der Waals surface area contributed by atoms with Crippen molar-refractivity contribution < 1.29 is 27.8 Å². The molecule has 0 fully saturated rings. The summed E-state index contributed by atoms with van der Waals surface area (Å²) in [5.74, 6) is -0.829. The van der Waals surface area contributed by atoms with E-state index in [1.807, 2.05) is 0 Å². The molecule has 0 aromatic carbocycles. The summed E-state index contributed by atoms with van der Waals surface area (Å²) >= 11 is 0.852. The van der Waals surface area contributed by atoms with Crippen LogP contribution in [0.4, 0.5) is 5.95 Å². The molecule has 0 saturated heterocycles. The first-order valence-electron chi connectivity index (χ1n) is 6.48. The van der Waals surface area contributed by atoms with E-state index in [2.05, 4.69) is 29.4 Å². The molecular formula is C12H12N5O6S2-. The second-order valence-corrected chi connectivity index (χ2v) is 6.78. The lowest BCUT2D eigenvalue weighted by Gasteiger charge is -2.12. The van der Waals surface area contributed by atoms with Crippen molar-refractivity contribution in [2.24, 2.45) is 4.40 Å². The molecule has 13 heteroatoms. The Hall–Kier alpha value is -2.80. The maximum Gasteiger partial charge on any atom is 0.349 e. The highest BCUT2D eigenvalue weighted by molar-refractivity contribution is 7.90. The van der Waals surface area contributed by atoms with Crippen molar-refractivity contribution in [3.63, 3.8) is 0 Å². The average Bonchev–Trinajstić information content (AvgIpc) is 3.03. The second-order valence-electron chi connectivity index (χ2n) is 4.29. The van der Waals surface area contributed by atoms with Crippen molar-refractivity contribution in [1.29, 1.82) is 0 Å². The number of methoxy groups -OCH3 is 2. The van der Waals surface area contributed by atoms with E-state index in [0.29, 0.717) is 0 Å². The Morgan fingerprint density at radius 2 is 2.04 bits per heavy atom. The Morgan fingerprint density at radius 3 is 2.68 bits per heavy atom. The highest BCUT2D eigenvalue weighted by atomic mass is 32.2. The molecule has 2 aromatic heterocycles. The molecular weight excluding hydrogens is 374 g/mol. The van der Waals surface area contributed by atoms with Gasteiger partial charge in [-0.05, 0) is 18.4 Å². The lowest BCUT2D eigenvalue weighted by Crippen LogP contribution is -2.29. The first-order valence-corrected chi connectivity index (χ1v) is 8.80. The van der Waals surface area contributed by atoms with Crippen LogP contribution in [0.1, 0.15) is 15.5 Å². The molecule has 0 atom stereocenters. The number of thiophene rings is 1. The SMILES string of the molecule is COC(=O)c1sccc1S(=O)(=O)N=C([O-])Nc1nc(C)nc(OC)n1. The molecule has 0 bridgehead atoms. The third-order valence-corrected chi connectivity index (χ3v) is 4.93. The smallest absolute Gasteiger partial charge is 0.349 e. The van der Waals surface area contributed by atoms with Crippen LogP contribution in [0.25, 0.3) is 0 Å². The number of sulfonamides is 1. The van der Waals surface area contributed by atoms with E-state index in [1.54, 1.807) is 0 Å². The highest BCUT2D eigenvalue weighted by Crippen LogP contribution is 2.24. The lowest BCUT2D eigenvalue weighted by atomic mass is 10.5. The van der Waals surface area contributed by atoms with Crippen LogP contribution in [0, 0.1) is 6.92 Å². The maximum atomic E-state index is 12.2. The predicted molar refractivity (Wildman–Crippen MR) is 85.0 cm³/mol. The van der Waals surface area contributed by atoms with Gasteiger partial charge in [0.25, 0.3) is 10.0 Å². The number of carbonyl (C=O) groups excluding carboxylic acids is 1. The number of ether oxygens (including phenoxy) is 2. The van der Waals surface area contributed by atoms with Crippen molar-refractivity contribution in [3.05, 3.63) is 22.1 Å². The summed E-state index contributed by atoms with van der Waals surface area (Å²) in [7, 11) is -2.00. The standard InChI is InChI=1S/C12H13N5O6S2/c1-6-13-10(16-12(14-6)23-3)15-11(19)17-25(20,21)7-4-5-24-8(7)9(18)22-2/h4-5H,1-3H3,(H2,13,14,15,16,17,19)/p-1. The summed E-state index contributed by atoms with van der Waals surface area (Å²) in [4.78, 5) is 22.3. The van der Waals surface area contributed by atoms with Gasteiger partial charge in [-0.25, -0.2) is 4.79 Å². The number of rotatable bonds is 5. The van der Waals surface area contributed by atoms with Crippen molar-refractivity contribution in [2.75, 3.05) is 19.5 Å². The van der Waals surface area contributed by atoms with Gasteiger partial charge in [-0.2, -0.15) is 27.8 Å². The summed E-state index contributed by atoms with van der Waals surface area (Å²) in [6, 6.07) is -0.148. The van der Waals surface area contributed by atoms with Gasteiger partial charge in [0.05, 0.1) is 20.2 Å². The Labute approximate surface area is 146 Å². The van der Waals surface area contributed by atoms with Gasteiger partial charge in [0.2, 0.25) is 5.95 Å². The molecule has 11 nitrogen and oxygen atoms in total. The lowest BCUT2D eigenvalue weighted by molar-refractivity contribution is -0.213. The van der Waals surface area contributed by atoms with Gasteiger partial charge in [-0.15, -0.1) is 11.3 Å². The van der Waals surface area contributed by atoms with Gasteiger partial charge in [-0.1, -0.05) is 0 Å². The average molecular weight is 386 g/mol. The summed E-state index contributed by atoms with van der Waals surface area (Å²) in [6.45, 7) is 1.53. The van der Waals surface area contributed by atoms with E-state index in [0.717, 1.165) is 24.5 Å². The largest absolute Gasteiger partial charge is 0.845 e. The molecule has 25 heavy (non-hydrogen) atoms. The Balaban J connectivity index is 2.31. The van der Waals surface area contributed by atoms with Crippen LogP contribution in [-0.2, 0) is 14.8 Å². The zero-order chi connectivity index (χ0) is 18.6. The molecule has 0 unspecified atom stereocenters. The van der Waals surface area contributed by atoms with Gasteiger partial charge in [0.15, 0.2) is 0 Å². The number of amidine groups is 1. The van der Waals surface area contributed by atoms with Crippen LogP contribution < -0.4 is 15.2 Å². The maximum absolute atomic E-state index is 12.2. The Bertz CT molecular complexity index is 924. The molecule has 1 N–H and O–H groups in total. The van der Waals surface area contributed by atoms with E-state index < -0.39 is 26.9 Å². The van der Waals surface area contributed by atoms with Crippen LogP contribution in [0.3, 0.4) is 0 Å². The van der Waals surface area contributed by atoms with E-state index in [9.17, 15) is 18.3 Å². The second kappa shape index (κ2) is 7.40. The zero-order valence-corrected chi connectivity index (χ0v) is 14.8. The van der Waals surface area contributed by atoms with E-state index in [1.165, 1.54) is 19.4 Å². The van der Waals surface area contributed by atoms with Gasteiger partial charge in [0.1, 0.15) is 15.6 Å². The van der Waals surface area contributed by atoms with Crippen LogP contribution in [0.2, 0.25) is 0 Å². The molecule has 0 aliphatic heterocycles. The number of esters is 1. The van der Waals surface area contributed by atoms with E-state index in [4.69, 9.17) is 4.74 Å². The minimum Gasteiger partial charge on any atom is -0.845 e. The molecule has 0 amide bonds. The molecule has 0 spiro atoms. The van der Waals surface area contributed by atoms with Crippen molar-refractivity contribution in [2.45, 2.75) is 11.8 Å². The monoisotopic (exact) mass is 386 g/mol. The number of aromatic nitrogens is 3. The van der Waals surface area contributed by atoms with Gasteiger partial charge < -0.3 is 19.9 Å². The van der Waals surface area contributed by atoms with E-state index in [-0.39, 0.29) is 22.7 Å². The zero-order valence-electron chi connectivity index (χ0n) is 13.2. The summed E-state index contributed by atoms with van der Waals surface area (Å²) in [6.07, 6.45) is 0. The first kappa shape index (κ1) is 18.5. The molecule has 0 aliphatic rings. The number of hydrogen-bond acceptors (Lipinski definition) is 10. The minimum atomic E-state index is -4.43. The Kier molecular flexibility index (Phi) is 5.48. The number of carbonyl (C=O) groups is 1. The van der Waals surface area contributed by atoms with Crippen LogP contribution in [-0.4, -0.2) is 49.6 Å². The number of nitrogens with zero attached hydrogens (tertiary/aromatic N) is 4. The molecule has 2 heterocycles. The van der Waals surface area contributed by atoms with Gasteiger partial charge in [0, 0.05) is 0 Å². The summed E-state index contributed by atoms with van der Waals surface area (Å²) < 4.78 is 36.8. The number of nitrogens with one attached hydrogen (secondary N) is 1. The van der Waals surface area contributed by atoms with Gasteiger partial charge in [-0.3, -0.25) is 0 Å². The molecule has 134 valence electrons. The minimum absolute atomic E-state index is 0.0588. The third-order valence-electron chi connectivity index (χ3n) is 2.61. The normalized spacial score (nSPS) is 11.9. The first-order chi connectivity index (χ1) is 11.8. The molecule has 2 aromatic rings. The Morgan fingerprint density at radius 1 is 1.32 bits per heavy atom. The number of hydrogen-bond donors (Lipinski definition) is 1. The van der Waals surface area contributed by atoms with Crippen molar-refractivity contribution in [3.8, 4) is 6.01 Å². The van der Waals surface area contributed by atoms with Gasteiger partial charge >= 0.3 is 12.0 Å².